The predicted octanol–water partition coefficient (Wildman–Crippen LogP) is 3.99. The molecule has 1 aliphatic carbocycles. The molecule has 3 aliphatic rings. The monoisotopic (exact) mass is 524 g/mol. The number of carbonyl (C=O) groups is 2. The van der Waals surface area contributed by atoms with Crippen LogP contribution in [0.4, 0.5) is 8.78 Å². The Balaban J connectivity index is 1.38. The molecule has 0 spiro atoms. The van der Waals surface area contributed by atoms with Gasteiger partial charge in [-0.2, -0.15) is 5.10 Å². The molecule has 0 bridgehead atoms. The molecule has 7 nitrogen and oxygen atoms in total. The number of benzene rings is 2. The Labute approximate surface area is 222 Å². The average molecular weight is 525 g/mol. The van der Waals surface area contributed by atoms with Gasteiger partial charge in [0.1, 0.15) is 18.2 Å². The predicted molar refractivity (Wildman–Crippen MR) is 139 cm³/mol. The molecule has 1 unspecified atom stereocenters. The van der Waals surface area contributed by atoms with E-state index in [2.05, 4.69) is 10.0 Å². The number of amides is 2. The third kappa shape index (κ3) is 6.10. The van der Waals surface area contributed by atoms with E-state index >= 15 is 0 Å². The van der Waals surface area contributed by atoms with E-state index in [9.17, 15) is 18.4 Å². The van der Waals surface area contributed by atoms with Crippen LogP contribution in [0.3, 0.4) is 0 Å². The molecule has 2 heterocycles. The molecule has 0 N–H and O–H groups in total. The Kier molecular flexibility index (Phi) is 8.44. The van der Waals surface area contributed by atoms with E-state index in [0.717, 1.165) is 38.8 Å². The number of morpholine rings is 1. The van der Waals surface area contributed by atoms with Gasteiger partial charge >= 0.3 is 0 Å². The molecule has 5 rings (SSSR count). The first kappa shape index (κ1) is 26.4. The van der Waals surface area contributed by atoms with Gasteiger partial charge in [-0.15, -0.1) is 0 Å². The summed E-state index contributed by atoms with van der Waals surface area (Å²) < 4.78 is 33.7. The third-order valence-corrected chi connectivity index (χ3v) is 7.74. The van der Waals surface area contributed by atoms with Crippen LogP contribution in [0.15, 0.2) is 53.6 Å². The highest BCUT2D eigenvalue weighted by Crippen LogP contribution is 2.34. The van der Waals surface area contributed by atoms with Gasteiger partial charge in [0.2, 0.25) is 5.91 Å². The van der Waals surface area contributed by atoms with Gasteiger partial charge in [-0.1, -0.05) is 43.2 Å². The van der Waals surface area contributed by atoms with Crippen LogP contribution in [0.5, 0.6) is 0 Å². The fraction of sp³-hybridized carbons (Fsp3) is 0.483. The van der Waals surface area contributed by atoms with E-state index in [1.807, 2.05) is 0 Å². The van der Waals surface area contributed by atoms with Crippen molar-refractivity contribution in [2.75, 3.05) is 45.9 Å². The fourth-order valence-corrected chi connectivity index (χ4v) is 5.56. The number of hydrazone groups is 1. The van der Waals surface area contributed by atoms with E-state index in [4.69, 9.17) is 4.74 Å². The third-order valence-electron chi connectivity index (χ3n) is 7.74. The molecule has 9 heteroatoms. The lowest BCUT2D eigenvalue weighted by atomic mass is 9.98. The molecule has 1 saturated heterocycles. The zero-order valence-corrected chi connectivity index (χ0v) is 21.5. The van der Waals surface area contributed by atoms with Crippen molar-refractivity contribution in [3.8, 4) is 0 Å². The number of halogens is 2. The molecule has 0 radical (unpaired) electrons. The summed E-state index contributed by atoms with van der Waals surface area (Å²) in [6, 6.07) is 11.8. The normalized spacial score (nSPS) is 20.5. The van der Waals surface area contributed by atoms with Gasteiger partial charge in [-0.3, -0.25) is 14.5 Å². The van der Waals surface area contributed by atoms with Crippen molar-refractivity contribution in [2.24, 2.45) is 11.0 Å². The van der Waals surface area contributed by atoms with E-state index < -0.39 is 11.9 Å². The standard InChI is InChI=1S/C29H34F2N4O3/c30-23-11-9-21(10-12-23)27-19-26(24-7-3-4-8-25(24)31)32-35(27)28(36)20-34(29(37)22-5-1-2-6-22)14-13-33-15-17-38-18-16-33/h3-4,7-12,22,27H,1-2,5-6,13-20H2. The number of nitrogens with zero attached hydrogens (tertiary/aromatic N) is 4. The van der Waals surface area contributed by atoms with Gasteiger partial charge in [0.25, 0.3) is 5.91 Å². The largest absolute Gasteiger partial charge is 0.379 e. The van der Waals surface area contributed by atoms with Crippen molar-refractivity contribution in [2.45, 2.75) is 38.1 Å². The highest BCUT2D eigenvalue weighted by atomic mass is 19.1. The Morgan fingerprint density at radius 3 is 2.42 bits per heavy atom. The molecular formula is C29H34F2N4O3. The van der Waals surface area contributed by atoms with Crippen LogP contribution in [-0.4, -0.2) is 78.3 Å². The van der Waals surface area contributed by atoms with Crippen molar-refractivity contribution < 1.29 is 23.1 Å². The van der Waals surface area contributed by atoms with Crippen molar-refractivity contribution >= 4 is 17.5 Å². The number of carbonyl (C=O) groups excluding carboxylic acids is 2. The molecule has 2 aromatic rings. The summed E-state index contributed by atoms with van der Waals surface area (Å²) >= 11 is 0. The zero-order valence-electron chi connectivity index (χ0n) is 21.5. The summed E-state index contributed by atoms with van der Waals surface area (Å²) in [7, 11) is 0. The molecule has 2 fully saturated rings. The Bertz CT molecular complexity index is 1160. The van der Waals surface area contributed by atoms with Gasteiger partial charge in [-0.05, 0) is 36.6 Å². The molecule has 202 valence electrons. The van der Waals surface area contributed by atoms with Gasteiger partial charge in [0.05, 0.1) is 25.0 Å². The molecule has 2 amide bonds. The number of hydrogen-bond acceptors (Lipinski definition) is 5. The van der Waals surface area contributed by atoms with E-state index in [1.54, 1.807) is 35.2 Å². The quantitative estimate of drug-likeness (QED) is 0.524. The van der Waals surface area contributed by atoms with Crippen LogP contribution in [0.1, 0.15) is 49.3 Å². The maximum Gasteiger partial charge on any atom is 0.262 e. The van der Waals surface area contributed by atoms with Gasteiger partial charge in [0, 0.05) is 44.1 Å². The lowest BCUT2D eigenvalue weighted by Crippen LogP contribution is -2.47. The van der Waals surface area contributed by atoms with E-state index in [-0.39, 0.29) is 30.1 Å². The zero-order chi connectivity index (χ0) is 26.5. The summed E-state index contributed by atoms with van der Waals surface area (Å²) in [5.74, 6) is -1.17. The summed E-state index contributed by atoms with van der Waals surface area (Å²) in [6.07, 6.45) is 4.03. The van der Waals surface area contributed by atoms with Gasteiger partial charge in [-0.25, -0.2) is 13.8 Å². The van der Waals surface area contributed by atoms with Crippen LogP contribution in [0, 0.1) is 17.6 Å². The lowest BCUT2D eigenvalue weighted by molar-refractivity contribution is -0.144. The minimum atomic E-state index is -0.514. The summed E-state index contributed by atoms with van der Waals surface area (Å²) in [4.78, 5) is 31.2. The van der Waals surface area contributed by atoms with Crippen molar-refractivity contribution in [1.82, 2.24) is 14.8 Å². The van der Waals surface area contributed by atoms with E-state index in [1.165, 1.54) is 23.2 Å². The highest BCUT2D eigenvalue weighted by Gasteiger charge is 2.36. The second-order valence-electron chi connectivity index (χ2n) is 10.2. The first-order chi connectivity index (χ1) is 18.5. The molecule has 1 saturated carbocycles. The Morgan fingerprint density at radius 2 is 1.71 bits per heavy atom. The smallest absolute Gasteiger partial charge is 0.262 e. The first-order valence-corrected chi connectivity index (χ1v) is 13.5. The molecule has 2 aromatic carbocycles. The Morgan fingerprint density at radius 1 is 1.00 bits per heavy atom. The number of ether oxygens (including phenoxy) is 1. The molecule has 38 heavy (non-hydrogen) atoms. The number of hydrogen-bond donors (Lipinski definition) is 0. The van der Waals surface area contributed by atoms with Crippen LogP contribution in [0.2, 0.25) is 0 Å². The first-order valence-electron chi connectivity index (χ1n) is 13.5. The minimum Gasteiger partial charge on any atom is -0.379 e. The van der Waals surface area contributed by atoms with Gasteiger partial charge in [0.15, 0.2) is 0 Å². The lowest BCUT2D eigenvalue weighted by Gasteiger charge is -2.32. The second kappa shape index (κ2) is 12.1. The van der Waals surface area contributed by atoms with Crippen LogP contribution in [-0.2, 0) is 14.3 Å². The average Bonchev–Trinajstić information content (AvgIpc) is 3.63. The molecule has 2 aliphatic heterocycles. The maximum atomic E-state index is 14.6. The minimum absolute atomic E-state index is 0.0138. The highest BCUT2D eigenvalue weighted by molar-refractivity contribution is 6.03. The van der Waals surface area contributed by atoms with E-state index in [0.29, 0.717) is 49.6 Å². The van der Waals surface area contributed by atoms with Crippen molar-refractivity contribution in [3.63, 3.8) is 0 Å². The molecule has 1 atom stereocenters. The van der Waals surface area contributed by atoms with Crippen LogP contribution < -0.4 is 0 Å². The summed E-state index contributed by atoms with van der Waals surface area (Å²) in [6.45, 7) is 3.93. The SMILES string of the molecule is O=C(C1CCCC1)N(CCN1CCOCC1)CC(=O)N1N=C(c2ccccc2F)CC1c1ccc(F)cc1. The second-order valence-corrected chi connectivity index (χ2v) is 10.2. The maximum absolute atomic E-state index is 14.6. The summed E-state index contributed by atoms with van der Waals surface area (Å²) in [5.41, 5.74) is 1.49. The van der Waals surface area contributed by atoms with Gasteiger partial charge < -0.3 is 9.64 Å². The molecule has 0 aromatic heterocycles. The topological polar surface area (TPSA) is 65.5 Å². The molecular weight excluding hydrogens is 490 g/mol. The van der Waals surface area contributed by atoms with Crippen LogP contribution >= 0.6 is 0 Å². The summed E-state index contributed by atoms with van der Waals surface area (Å²) in [5, 5.41) is 5.92. The van der Waals surface area contributed by atoms with Crippen molar-refractivity contribution in [1.29, 1.82) is 0 Å². The van der Waals surface area contributed by atoms with Crippen molar-refractivity contribution in [3.05, 3.63) is 71.3 Å². The number of rotatable bonds is 8. The fourth-order valence-electron chi connectivity index (χ4n) is 5.56. The van der Waals surface area contributed by atoms with Crippen LogP contribution in [0.25, 0.3) is 0 Å². The Hall–Kier alpha value is -3.17.